The zero-order valence-corrected chi connectivity index (χ0v) is 14.8. The number of nitro benzene ring substituents is 1. The van der Waals surface area contributed by atoms with E-state index in [1.54, 1.807) is 31.2 Å². The third-order valence-electron chi connectivity index (χ3n) is 3.87. The first-order chi connectivity index (χ1) is 12.3. The maximum absolute atomic E-state index is 11.5. The van der Waals surface area contributed by atoms with Crippen LogP contribution in [0.25, 0.3) is 11.0 Å². The third kappa shape index (κ3) is 3.70. The molecule has 2 N–H and O–H groups in total. The summed E-state index contributed by atoms with van der Waals surface area (Å²) in [6.07, 6.45) is 0. The number of anilines is 2. The second-order valence-electron chi connectivity index (χ2n) is 5.80. The molecule has 8 heteroatoms. The lowest BCUT2D eigenvalue weighted by atomic mass is 10.1. The fraction of sp³-hybridized carbons (Fsp3) is 0.111. The van der Waals surface area contributed by atoms with Crippen molar-refractivity contribution in [3.8, 4) is 0 Å². The SMILES string of the molecule is Cc1ccc(NC(=S)Nc2ccc3c(C)cc(=O)oc3c2)cc1[N+](=O)[O-]. The van der Waals surface area contributed by atoms with Gasteiger partial charge in [0.25, 0.3) is 5.69 Å². The largest absolute Gasteiger partial charge is 0.423 e. The molecule has 0 aliphatic carbocycles. The second-order valence-corrected chi connectivity index (χ2v) is 6.21. The van der Waals surface area contributed by atoms with Crippen molar-refractivity contribution in [2.75, 3.05) is 10.6 Å². The van der Waals surface area contributed by atoms with Gasteiger partial charge in [0.15, 0.2) is 5.11 Å². The molecule has 26 heavy (non-hydrogen) atoms. The second kappa shape index (κ2) is 6.93. The summed E-state index contributed by atoms with van der Waals surface area (Å²) in [6, 6.07) is 11.5. The first-order valence-corrected chi connectivity index (χ1v) is 8.12. The van der Waals surface area contributed by atoms with E-state index in [1.807, 2.05) is 13.0 Å². The van der Waals surface area contributed by atoms with Crippen molar-refractivity contribution in [1.29, 1.82) is 0 Å². The number of nitrogens with zero attached hydrogens (tertiary/aromatic N) is 1. The van der Waals surface area contributed by atoms with Crippen LogP contribution in [-0.4, -0.2) is 10.0 Å². The predicted octanol–water partition coefficient (Wildman–Crippen LogP) is 4.13. The molecule has 0 bridgehead atoms. The van der Waals surface area contributed by atoms with Crippen molar-refractivity contribution in [2.24, 2.45) is 0 Å². The maximum atomic E-state index is 11.5. The fourth-order valence-corrected chi connectivity index (χ4v) is 2.82. The van der Waals surface area contributed by atoms with Crippen LogP contribution in [0.3, 0.4) is 0 Å². The normalized spacial score (nSPS) is 10.5. The Morgan fingerprint density at radius 1 is 1.04 bits per heavy atom. The smallest absolute Gasteiger partial charge is 0.336 e. The van der Waals surface area contributed by atoms with Crippen molar-refractivity contribution >= 4 is 45.4 Å². The van der Waals surface area contributed by atoms with Crippen molar-refractivity contribution in [1.82, 2.24) is 0 Å². The lowest BCUT2D eigenvalue weighted by Crippen LogP contribution is -2.19. The van der Waals surface area contributed by atoms with E-state index in [4.69, 9.17) is 16.6 Å². The van der Waals surface area contributed by atoms with Crippen LogP contribution < -0.4 is 16.3 Å². The molecule has 0 amide bonds. The number of hydrogen-bond donors (Lipinski definition) is 2. The molecule has 0 spiro atoms. The van der Waals surface area contributed by atoms with Crippen LogP contribution in [-0.2, 0) is 0 Å². The Labute approximate surface area is 153 Å². The van der Waals surface area contributed by atoms with Crippen molar-refractivity contribution in [3.63, 3.8) is 0 Å². The monoisotopic (exact) mass is 369 g/mol. The summed E-state index contributed by atoms with van der Waals surface area (Å²) in [5, 5.41) is 18.0. The number of fused-ring (bicyclic) bond motifs is 1. The zero-order valence-electron chi connectivity index (χ0n) is 14.0. The van der Waals surface area contributed by atoms with Gasteiger partial charge in [-0.1, -0.05) is 6.07 Å². The van der Waals surface area contributed by atoms with E-state index in [2.05, 4.69) is 10.6 Å². The van der Waals surface area contributed by atoms with Gasteiger partial charge in [0.05, 0.1) is 4.92 Å². The molecule has 3 rings (SSSR count). The molecule has 0 unspecified atom stereocenters. The van der Waals surface area contributed by atoms with Crippen LogP contribution >= 0.6 is 12.2 Å². The lowest BCUT2D eigenvalue weighted by molar-refractivity contribution is -0.385. The van der Waals surface area contributed by atoms with E-state index in [0.717, 1.165) is 10.9 Å². The number of hydrogen-bond acceptors (Lipinski definition) is 5. The summed E-state index contributed by atoms with van der Waals surface area (Å²) >= 11 is 5.25. The Hall–Kier alpha value is -3.26. The lowest BCUT2D eigenvalue weighted by Gasteiger charge is -2.11. The topological polar surface area (TPSA) is 97.4 Å². The van der Waals surface area contributed by atoms with Crippen LogP contribution in [0.1, 0.15) is 11.1 Å². The minimum Gasteiger partial charge on any atom is -0.423 e. The molecule has 0 aliphatic heterocycles. The van der Waals surface area contributed by atoms with Gasteiger partial charge >= 0.3 is 5.63 Å². The Bertz CT molecular complexity index is 1090. The Balaban J connectivity index is 1.80. The van der Waals surface area contributed by atoms with E-state index in [0.29, 0.717) is 22.5 Å². The molecular formula is C18H15N3O4S. The van der Waals surface area contributed by atoms with Crippen molar-refractivity contribution < 1.29 is 9.34 Å². The summed E-state index contributed by atoms with van der Waals surface area (Å²) in [4.78, 5) is 22.1. The van der Waals surface area contributed by atoms with Crippen LogP contribution in [0.2, 0.25) is 0 Å². The molecule has 0 atom stereocenters. The average molecular weight is 369 g/mol. The van der Waals surface area contributed by atoms with E-state index in [9.17, 15) is 14.9 Å². The number of nitro groups is 1. The van der Waals surface area contributed by atoms with Gasteiger partial charge in [0.1, 0.15) is 5.58 Å². The van der Waals surface area contributed by atoms with E-state index < -0.39 is 10.5 Å². The molecule has 132 valence electrons. The van der Waals surface area contributed by atoms with Crippen molar-refractivity contribution in [2.45, 2.75) is 13.8 Å². The molecule has 3 aromatic rings. The quantitative estimate of drug-likeness (QED) is 0.310. The highest BCUT2D eigenvalue weighted by molar-refractivity contribution is 7.80. The fourth-order valence-electron chi connectivity index (χ4n) is 2.58. The minimum atomic E-state index is -0.440. The van der Waals surface area contributed by atoms with Crippen LogP contribution in [0.5, 0.6) is 0 Å². The predicted molar refractivity (Wildman–Crippen MR) is 105 cm³/mol. The number of benzene rings is 2. The Kier molecular flexibility index (Phi) is 4.68. The number of thiocarbonyl (C=S) groups is 1. The van der Waals surface area contributed by atoms with E-state index >= 15 is 0 Å². The van der Waals surface area contributed by atoms with Gasteiger partial charge < -0.3 is 15.1 Å². The summed E-state index contributed by atoms with van der Waals surface area (Å²) in [7, 11) is 0. The van der Waals surface area contributed by atoms with Crippen molar-refractivity contribution in [3.05, 3.63) is 74.1 Å². The van der Waals surface area contributed by atoms with Gasteiger partial charge in [-0.15, -0.1) is 0 Å². The van der Waals surface area contributed by atoms with Crippen LogP contribution in [0.15, 0.2) is 51.7 Å². The van der Waals surface area contributed by atoms with E-state index in [-0.39, 0.29) is 10.8 Å². The van der Waals surface area contributed by atoms with Gasteiger partial charge in [-0.3, -0.25) is 10.1 Å². The summed E-state index contributed by atoms with van der Waals surface area (Å²) in [5.41, 5.74) is 2.58. The third-order valence-corrected chi connectivity index (χ3v) is 4.08. The molecule has 1 heterocycles. The molecule has 0 saturated heterocycles. The highest BCUT2D eigenvalue weighted by atomic mass is 32.1. The molecule has 0 fully saturated rings. The van der Waals surface area contributed by atoms with Crippen LogP contribution in [0, 0.1) is 24.0 Å². The first kappa shape index (κ1) is 17.6. The van der Waals surface area contributed by atoms with Gasteiger partial charge in [-0.05, 0) is 49.8 Å². The van der Waals surface area contributed by atoms with Gasteiger partial charge in [-0.2, -0.15) is 0 Å². The van der Waals surface area contributed by atoms with Gasteiger partial charge in [0.2, 0.25) is 0 Å². The van der Waals surface area contributed by atoms with Gasteiger partial charge in [0, 0.05) is 40.5 Å². The average Bonchev–Trinajstić information content (AvgIpc) is 2.55. The zero-order chi connectivity index (χ0) is 18.8. The summed E-state index contributed by atoms with van der Waals surface area (Å²) in [6.45, 7) is 3.51. The highest BCUT2D eigenvalue weighted by Gasteiger charge is 2.12. The number of aryl methyl sites for hydroxylation is 2. The molecule has 1 aromatic heterocycles. The van der Waals surface area contributed by atoms with E-state index in [1.165, 1.54) is 12.1 Å². The summed E-state index contributed by atoms with van der Waals surface area (Å²) < 4.78 is 5.20. The number of nitrogens with one attached hydrogen (secondary N) is 2. The molecule has 2 aromatic carbocycles. The highest BCUT2D eigenvalue weighted by Crippen LogP contribution is 2.23. The molecule has 0 saturated carbocycles. The Morgan fingerprint density at radius 2 is 1.69 bits per heavy atom. The minimum absolute atomic E-state index is 0.0146. The first-order valence-electron chi connectivity index (χ1n) is 7.71. The maximum Gasteiger partial charge on any atom is 0.336 e. The molecule has 7 nitrogen and oxygen atoms in total. The molecule has 0 aliphatic rings. The molecular weight excluding hydrogens is 354 g/mol. The standard InChI is InChI=1S/C18H15N3O4S/c1-10-3-4-12(8-15(10)21(23)24)19-18(26)20-13-5-6-14-11(2)7-17(22)25-16(14)9-13/h3-9H,1-2H3,(H2,19,20,26). The van der Waals surface area contributed by atoms with Gasteiger partial charge in [-0.25, -0.2) is 4.79 Å². The van der Waals surface area contributed by atoms with Crippen LogP contribution in [0.4, 0.5) is 17.1 Å². The Morgan fingerprint density at radius 3 is 2.38 bits per heavy atom. The number of rotatable bonds is 3. The summed E-state index contributed by atoms with van der Waals surface area (Å²) in [5.74, 6) is 0. The molecule has 0 radical (unpaired) electrons.